The van der Waals surface area contributed by atoms with Crippen LogP contribution in [0.15, 0.2) is 28.3 Å². The highest BCUT2D eigenvalue weighted by atomic mass is 35.5. The number of nitrogens with one attached hydrogen (secondary N) is 1. The Hall–Kier alpha value is -2.65. The number of pyridine rings is 2. The number of aryl methyl sites for hydroxylation is 1. The number of halogens is 1. The van der Waals surface area contributed by atoms with Crippen LogP contribution >= 0.6 is 23.4 Å². The first-order valence-corrected chi connectivity index (χ1v) is 9.10. The average Bonchev–Trinajstić information content (AvgIpc) is 2.65. The van der Waals surface area contributed by atoms with Gasteiger partial charge < -0.3 is 14.5 Å². The number of fused-ring (bicyclic) bond motifs is 1. The molecule has 0 atom stereocenters. The van der Waals surface area contributed by atoms with Crippen LogP contribution in [0.1, 0.15) is 21.7 Å². The van der Waals surface area contributed by atoms with Crippen molar-refractivity contribution in [3.63, 3.8) is 0 Å². The second-order valence-corrected chi connectivity index (χ2v) is 6.84. The predicted octanol–water partition coefficient (Wildman–Crippen LogP) is 2.76. The summed E-state index contributed by atoms with van der Waals surface area (Å²) in [5, 5.41) is 0.874. The van der Waals surface area contributed by atoms with Gasteiger partial charge in [0.05, 0.1) is 30.9 Å². The summed E-state index contributed by atoms with van der Waals surface area (Å²) in [6, 6.07) is 3.22. The van der Waals surface area contributed by atoms with E-state index in [1.165, 1.54) is 38.2 Å². The number of methoxy groups -OCH3 is 2. The van der Waals surface area contributed by atoms with Crippen molar-refractivity contribution in [1.82, 2.24) is 19.9 Å². The van der Waals surface area contributed by atoms with Crippen molar-refractivity contribution in [1.29, 1.82) is 0 Å². The van der Waals surface area contributed by atoms with Crippen molar-refractivity contribution >= 4 is 40.4 Å². The van der Waals surface area contributed by atoms with Crippen molar-refractivity contribution in [2.75, 3.05) is 14.2 Å². The number of carbonyl (C=O) groups excluding carboxylic acids is 1. The summed E-state index contributed by atoms with van der Waals surface area (Å²) >= 11 is 7.24. The third kappa shape index (κ3) is 4.04. The van der Waals surface area contributed by atoms with E-state index in [0.717, 1.165) is 0 Å². The van der Waals surface area contributed by atoms with Crippen LogP contribution in [-0.2, 0) is 10.5 Å². The number of nitrogens with zero attached hydrogens (tertiary/aromatic N) is 3. The second-order valence-electron chi connectivity index (χ2n) is 5.47. The fourth-order valence-electron chi connectivity index (χ4n) is 2.42. The van der Waals surface area contributed by atoms with Gasteiger partial charge in [0, 0.05) is 23.7 Å². The van der Waals surface area contributed by atoms with E-state index < -0.39 is 11.5 Å². The number of carbonyl (C=O) groups is 1. The fraction of sp³-hybridized carbons (Fsp3) is 0.235. The van der Waals surface area contributed by atoms with Crippen LogP contribution in [0.2, 0.25) is 5.02 Å². The topological polar surface area (TPSA) is 107 Å². The third-order valence-corrected chi connectivity index (χ3v) is 4.83. The lowest BCUT2D eigenvalue weighted by atomic mass is 10.1. The zero-order valence-corrected chi connectivity index (χ0v) is 16.3. The van der Waals surface area contributed by atoms with Gasteiger partial charge >= 0.3 is 5.97 Å². The minimum Gasteiger partial charge on any atom is -0.495 e. The van der Waals surface area contributed by atoms with E-state index in [1.807, 2.05) is 0 Å². The minimum atomic E-state index is -0.615. The number of hydrogen-bond donors (Lipinski definition) is 1. The fourth-order valence-corrected chi connectivity index (χ4v) is 3.36. The molecule has 0 bridgehead atoms. The van der Waals surface area contributed by atoms with Crippen LogP contribution in [0.4, 0.5) is 0 Å². The van der Waals surface area contributed by atoms with E-state index in [-0.39, 0.29) is 16.6 Å². The SMILES string of the molecule is COC(=O)c1cc(C)nc2nc(SCc3cc(OC)c(Cl)cn3)[nH]c(=O)c12. The maximum Gasteiger partial charge on any atom is 0.338 e. The molecule has 0 saturated carbocycles. The van der Waals surface area contributed by atoms with Crippen molar-refractivity contribution in [2.24, 2.45) is 0 Å². The summed E-state index contributed by atoms with van der Waals surface area (Å²) in [7, 11) is 2.77. The molecule has 8 nitrogen and oxygen atoms in total. The lowest BCUT2D eigenvalue weighted by Crippen LogP contribution is -2.16. The van der Waals surface area contributed by atoms with Crippen molar-refractivity contribution in [3.05, 3.63) is 50.7 Å². The molecule has 3 aromatic rings. The predicted molar refractivity (Wildman–Crippen MR) is 102 cm³/mol. The highest BCUT2D eigenvalue weighted by molar-refractivity contribution is 7.98. The van der Waals surface area contributed by atoms with Crippen molar-refractivity contribution in [2.45, 2.75) is 17.8 Å². The monoisotopic (exact) mass is 406 g/mol. The maximum atomic E-state index is 12.5. The van der Waals surface area contributed by atoms with Gasteiger partial charge in [-0.1, -0.05) is 23.4 Å². The molecule has 0 aromatic carbocycles. The van der Waals surface area contributed by atoms with Gasteiger partial charge in [0.2, 0.25) is 0 Å². The summed E-state index contributed by atoms with van der Waals surface area (Å²) in [6.45, 7) is 1.71. The first kappa shape index (κ1) is 19.1. The van der Waals surface area contributed by atoms with Crippen molar-refractivity contribution < 1.29 is 14.3 Å². The summed E-state index contributed by atoms with van der Waals surface area (Å²) in [5.41, 5.74) is 1.12. The van der Waals surface area contributed by atoms with E-state index in [9.17, 15) is 9.59 Å². The van der Waals surface area contributed by atoms with Crippen LogP contribution in [-0.4, -0.2) is 40.1 Å². The summed E-state index contributed by atoms with van der Waals surface area (Å²) in [6.07, 6.45) is 1.50. The Balaban J connectivity index is 1.95. The first-order valence-electron chi connectivity index (χ1n) is 7.74. The molecule has 27 heavy (non-hydrogen) atoms. The summed E-state index contributed by atoms with van der Waals surface area (Å²) < 4.78 is 9.90. The number of aromatic amines is 1. The van der Waals surface area contributed by atoms with Gasteiger partial charge in [0.15, 0.2) is 10.8 Å². The molecule has 0 radical (unpaired) electrons. The van der Waals surface area contributed by atoms with Gasteiger partial charge in [-0.15, -0.1) is 0 Å². The molecule has 0 spiro atoms. The molecule has 140 valence electrons. The quantitative estimate of drug-likeness (QED) is 0.391. The molecule has 3 heterocycles. The molecule has 0 fully saturated rings. The summed E-state index contributed by atoms with van der Waals surface area (Å²) in [4.78, 5) is 39.9. The molecule has 1 N–H and O–H groups in total. The largest absolute Gasteiger partial charge is 0.495 e. The van der Waals surface area contributed by atoms with Crippen molar-refractivity contribution in [3.8, 4) is 5.75 Å². The van der Waals surface area contributed by atoms with Crippen LogP contribution in [0.25, 0.3) is 11.0 Å². The van der Waals surface area contributed by atoms with E-state index >= 15 is 0 Å². The third-order valence-electron chi connectivity index (χ3n) is 3.64. The van der Waals surface area contributed by atoms with Crippen LogP contribution in [0.3, 0.4) is 0 Å². The normalized spacial score (nSPS) is 10.8. The number of H-pyrrole nitrogens is 1. The lowest BCUT2D eigenvalue weighted by Gasteiger charge is -2.07. The van der Waals surface area contributed by atoms with Gasteiger partial charge in [0.1, 0.15) is 10.8 Å². The Labute approximate surface area is 163 Å². The second kappa shape index (κ2) is 7.93. The maximum absolute atomic E-state index is 12.5. The lowest BCUT2D eigenvalue weighted by molar-refractivity contribution is 0.0602. The Morgan fingerprint density at radius 2 is 2.07 bits per heavy atom. The zero-order valence-electron chi connectivity index (χ0n) is 14.7. The van der Waals surface area contributed by atoms with Gasteiger partial charge in [0.25, 0.3) is 5.56 Å². The number of ether oxygens (including phenoxy) is 2. The zero-order chi connectivity index (χ0) is 19.6. The standard InChI is InChI=1S/C17H15ClN4O4S/c1-8-4-10(16(24)26-3)13-14(20-8)21-17(22-15(13)23)27-7-9-5-12(25-2)11(18)6-19-9/h4-6H,7H2,1-3H3,(H,20,21,22,23). The molecule has 0 aliphatic rings. The molecule has 0 saturated heterocycles. The Morgan fingerprint density at radius 1 is 1.30 bits per heavy atom. The number of thioether (sulfide) groups is 1. The molecule has 10 heteroatoms. The molecule has 3 aromatic heterocycles. The van der Waals surface area contributed by atoms with E-state index in [4.69, 9.17) is 21.1 Å². The average molecular weight is 407 g/mol. The van der Waals surface area contributed by atoms with Crippen LogP contribution in [0, 0.1) is 6.92 Å². The number of hydrogen-bond acceptors (Lipinski definition) is 8. The molecular weight excluding hydrogens is 392 g/mol. The molecule has 3 rings (SSSR count). The molecule has 0 amide bonds. The van der Waals surface area contributed by atoms with Gasteiger partial charge in [-0.05, 0) is 13.0 Å². The number of rotatable bonds is 5. The van der Waals surface area contributed by atoms with Gasteiger partial charge in [-0.2, -0.15) is 0 Å². The van der Waals surface area contributed by atoms with Gasteiger partial charge in [-0.3, -0.25) is 9.78 Å². The van der Waals surface area contributed by atoms with E-state index in [1.54, 1.807) is 13.0 Å². The van der Waals surface area contributed by atoms with Crippen LogP contribution in [0.5, 0.6) is 5.75 Å². The summed E-state index contributed by atoms with van der Waals surface area (Å²) in [5.74, 6) is 0.329. The molecule has 0 aliphatic heterocycles. The Kier molecular flexibility index (Phi) is 5.62. The Bertz CT molecular complexity index is 1090. The van der Waals surface area contributed by atoms with Crippen LogP contribution < -0.4 is 10.3 Å². The molecular formula is C17H15ClN4O4S. The number of aromatic nitrogens is 4. The Morgan fingerprint density at radius 3 is 2.78 bits per heavy atom. The minimum absolute atomic E-state index is 0.100. The van der Waals surface area contributed by atoms with E-state index in [2.05, 4.69) is 19.9 Å². The highest BCUT2D eigenvalue weighted by Crippen LogP contribution is 2.26. The molecule has 0 aliphatic carbocycles. The highest BCUT2D eigenvalue weighted by Gasteiger charge is 2.17. The van der Waals surface area contributed by atoms with E-state index in [0.29, 0.717) is 33.1 Å². The number of esters is 1. The first-order chi connectivity index (χ1) is 12.9. The smallest absolute Gasteiger partial charge is 0.338 e. The van der Waals surface area contributed by atoms with Gasteiger partial charge in [-0.25, -0.2) is 14.8 Å². The molecule has 0 unspecified atom stereocenters.